The van der Waals surface area contributed by atoms with Gasteiger partial charge in [0.2, 0.25) is 5.91 Å². The second kappa shape index (κ2) is 9.34. The van der Waals surface area contributed by atoms with E-state index in [4.69, 9.17) is 28.2 Å². The standard InChI is InChI=1S/C19H21ClN4O2.CH4O/c1-2-16(26)24-8-7-11(10-24)18-17(20)13(19(22)23-18)9-14(21)12-5-3-4-6-15(12)25;1-2/h2-6,9,11,23,25H,1,7-8,10,21-22H2;2H,1H3/b14-9-;/t11-;/m0./s1. The van der Waals surface area contributed by atoms with Crippen LogP contribution in [0.5, 0.6) is 5.75 Å². The molecular weight excluding hydrogens is 380 g/mol. The Morgan fingerprint density at radius 1 is 1.39 bits per heavy atom. The van der Waals surface area contributed by atoms with Crippen LogP contribution in [0.25, 0.3) is 11.8 Å². The zero-order valence-electron chi connectivity index (χ0n) is 15.7. The molecule has 1 atom stereocenters. The van der Waals surface area contributed by atoms with Gasteiger partial charge in [0.15, 0.2) is 0 Å². The van der Waals surface area contributed by atoms with Crippen LogP contribution in [0.4, 0.5) is 5.82 Å². The topological polar surface area (TPSA) is 129 Å². The van der Waals surface area contributed by atoms with E-state index in [9.17, 15) is 9.90 Å². The third-order valence-corrected chi connectivity index (χ3v) is 5.04. The van der Waals surface area contributed by atoms with E-state index in [2.05, 4.69) is 11.6 Å². The Morgan fingerprint density at radius 3 is 2.71 bits per heavy atom. The van der Waals surface area contributed by atoms with E-state index >= 15 is 0 Å². The van der Waals surface area contributed by atoms with Crippen LogP contribution in [0.15, 0.2) is 36.9 Å². The van der Waals surface area contributed by atoms with Crippen molar-refractivity contribution in [3.05, 3.63) is 58.8 Å². The maximum Gasteiger partial charge on any atom is 0.245 e. The molecule has 1 aromatic carbocycles. The summed E-state index contributed by atoms with van der Waals surface area (Å²) in [7, 11) is 1.00. The molecule has 28 heavy (non-hydrogen) atoms. The molecule has 2 heterocycles. The zero-order chi connectivity index (χ0) is 20.8. The summed E-state index contributed by atoms with van der Waals surface area (Å²) in [6.45, 7) is 4.73. The molecule has 0 radical (unpaired) electrons. The number of H-pyrrole nitrogens is 1. The predicted octanol–water partition coefficient (Wildman–Crippen LogP) is 2.52. The molecule has 0 spiro atoms. The van der Waals surface area contributed by atoms with E-state index in [1.165, 1.54) is 6.08 Å². The highest BCUT2D eigenvalue weighted by Gasteiger charge is 2.30. The molecular formula is C20H25ClN4O3. The van der Waals surface area contributed by atoms with Crippen molar-refractivity contribution in [3.63, 3.8) is 0 Å². The molecule has 0 bridgehead atoms. The highest BCUT2D eigenvalue weighted by atomic mass is 35.5. The van der Waals surface area contributed by atoms with Crippen molar-refractivity contribution in [2.45, 2.75) is 12.3 Å². The molecule has 150 valence electrons. The number of nitrogen functional groups attached to an aromatic ring is 1. The van der Waals surface area contributed by atoms with Crippen molar-refractivity contribution < 1.29 is 15.0 Å². The minimum Gasteiger partial charge on any atom is -0.507 e. The summed E-state index contributed by atoms with van der Waals surface area (Å²) >= 11 is 6.54. The fourth-order valence-electron chi connectivity index (χ4n) is 3.23. The third-order valence-electron chi connectivity index (χ3n) is 4.63. The number of aromatic nitrogens is 1. The van der Waals surface area contributed by atoms with Crippen LogP contribution in [-0.4, -0.2) is 46.2 Å². The minimum absolute atomic E-state index is 0.0715. The second-order valence-corrected chi connectivity index (χ2v) is 6.65. The second-order valence-electron chi connectivity index (χ2n) is 6.27. The van der Waals surface area contributed by atoms with Crippen molar-refractivity contribution in [1.29, 1.82) is 0 Å². The number of halogens is 1. The molecule has 1 aliphatic heterocycles. The molecule has 3 rings (SSSR count). The molecule has 1 fully saturated rings. The number of nitrogens with two attached hydrogens (primary N) is 2. The molecule has 2 aromatic rings. The number of hydrogen-bond donors (Lipinski definition) is 5. The Morgan fingerprint density at radius 2 is 2.07 bits per heavy atom. The highest BCUT2D eigenvalue weighted by molar-refractivity contribution is 6.33. The number of carbonyl (C=O) groups excluding carboxylic acids is 1. The molecule has 7 nitrogen and oxygen atoms in total. The Kier molecular flexibility index (Phi) is 7.14. The van der Waals surface area contributed by atoms with Gasteiger partial charge in [-0.1, -0.05) is 30.3 Å². The number of carbonyl (C=O) groups is 1. The molecule has 1 aromatic heterocycles. The normalized spacial score (nSPS) is 16.5. The number of anilines is 1. The SMILES string of the molecule is C=CC(=O)N1CC[C@H](c2[nH]c(N)c(/C=C(\N)c3ccccc3O)c2Cl)C1.CO. The van der Waals surface area contributed by atoms with Crippen LogP contribution in [0, 0.1) is 0 Å². The van der Waals surface area contributed by atoms with E-state index in [1.54, 1.807) is 35.2 Å². The molecule has 1 aliphatic rings. The summed E-state index contributed by atoms with van der Waals surface area (Å²) in [5, 5.41) is 17.4. The molecule has 0 saturated carbocycles. The molecule has 7 N–H and O–H groups in total. The number of aromatic hydroxyl groups is 1. The van der Waals surface area contributed by atoms with Gasteiger partial charge in [-0.15, -0.1) is 0 Å². The molecule has 8 heteroatoms. The number of hydrogen-bond acceptors (Lipinski definition) is 5. The van der Waals surface area contributed by atoms with E-state index < -0.39 is 0 Å². The van der Waals surface area contributed by atoms with Gasteiger partial charge < -0.3 is 31.6 Å². The van der Waals surface area contributed by atoms with Crippen molar-refractivity contribution in [3.8, 4) is 5.75 Å². The summed E-state index contributed by atoms with van der Waals surface area (Å²) in [6.07, 6.45) is 3.75. The van der Waals surface area contributed by atoms with E-state index in [-0.39, 0.29) is 17.6 Å². The number of rotatable bonds is 4. The van der Waals surface area contributed by atoms with Gasteiger partial charge in [0.25, 0.3) is 0 Å². The number of para-hydroxylation sites is 1. The quantitative estimate of drug-likeness (QED) is 0.500. The Balaban J connectivity index is 0.00000136. The van der Waals surface area contributed by atoms with Gasteiger partial charge >= 0.3 is 0 Å². The van der Waals surface area contributed by atoms with Crippen LogP contribution in [0.1, 0.15) is 29.2 Å². The maximum atomic E-state index is 11.8. The average Bonchev–Trinajstić information content (AvgIpc) is 3.29. The zero-order valence-corrected chi connectivity index (χ0v) is 16.4. The first-order valence-electron chi connectivity index (χ1n) is 8.70. The first-order valence-corrected chi connectivity index (χ1v) is 9.08. The van der Waals surface area contributed by atoms with Gasteiger partial charge in [-0.05, 0) is 30.7 Å². The van der Waals surface area contributed by atoms with Crippen molar-refractivity contribution in [2.24, 2.45) is 5.73 Å². The number of phenolic OH excluding ortho intramolecular Hbond substituents is 1. The lowest BCUT2D eigenvalue weighted by Gasteiger charge is -2.13. The molecule has 0 aliphatic carbocycles. The van der Waals surface area contributed by atoms with Gasteiger partial charge in [-0.2, -0.15) is 0 Å². The number of likely N-dealkylation sites (tertiary alicyclic amines) is 1. The lowest BCUT2D eigenvalue weighted by atomic mass is 10.0. The van der Waals surface area contributed by atoms with Crippen LogP contribution in [-0.2, 0) is 4.79 Å². The summed E-state index contributed by atoms with van der Waals surface area (Å²) < 4.78 is 0. The molecule has 0 unspecified atom stereocenters. The fourth-order valence-corrected chi connectivity index (χ4v) is 3.59. The largest absolute Gasteiger partial charge is 0.507 e. The van der Waals surface area contributed by atoms with Gasteiger partial charge in [0.1, 0.15) is 11.6 Å². The highest BCUT2D eigenvalue weighted by Crippen LogP contribution is 2.38. The van der Waals surface area contributed by atoms with Crippen LogP contribution in [0.2, 0.25) is 5.02 Å². The number of aromatic amines is 1. The van der Waals surface area contributed by atoms with Crippen LogP contribution in [0.3, 0.4) is 0 Å². The lowest BCUT2D eigenvalue weighted by Crippen LogP contribution is -2.26. The monoisotopic (exact) mass is 404 g/mol. The average molecular weight is 405 g/mol. The molecule has 1 amide bonds. The maximum absolute atomic E-state index is 11.8. The van der Waals surface area contributed by atoms with E-state index in [0.717, 1.165) is 19.2 Å². The first kappa shape index (κ1) is 21.4. The number of aliphatic hydroxyl groups is 1. The van der Waals surface area contributed by atoms with Gasteiger partial charge in [0, 0.05) is 48.6 Å². The number of phenols is 1. The lowest BCUT2D eigenvalue weighted by molar-refractivity contribution is -0.125. The summed E-state index contributed by atoms with van der Waals surface area (Å²) in [5.41, 5.74) is 14.5. The van der Waals surface area contributed by atoms with Crippen molar-refractivity contribution in [1.82, 2.24) is 9.88 Å². The van der Waals surface area contributed by atoms with E-state index in [1.807, 2.05) is 0 Å². The molecule has 1 saturated heterocycles. The van der Waals surface area contributed by atoms with E-state index in [0.29, 0.717) is 40.8 Å². The smallest absolute Gasteiger partial charge is 0.245 e. The number of nitrogens with one attached hydrogen (secondary N) is 1. The van der Waals surface area contributed by atoms with Crippen LogP contribution >= 0.6 is 11.6 Å². The van der Waals surface area contributed by atoms with Gasteiger partial charge in [0.05, 0.1) is 5.02 Å². The minimum atomic E-state index is -0.0907. The van der Waals surface area contributed by atoms with Crippen molar-refractivity contribution >= 4 is 35.1 Å². The third kappa shape index (κ3) is 4.32. The fraction of sp³-hybridized carbons (Fsp3) is 0.250. The summed E-state index contributed by atoms with van der Waals surface area (Å²) in [5.74, 6) is 0.465. The number of aliphatic hydroxyl groups excluding tert-OH is 1. The number of nitrogens with zero attached hydrogens (tertiary/aromatic N) is 1. The van der Waals surface area contributed by atoms with Crippen LogP contribution < -0.4 is 11.5 Å². The number of amides is 1. The Hall–Kier alpha value is -2.90. The van der Waals surface area contributed by atoms with Gasteiger partial charge in [-0.25, -0.2) is 0 Å². The summed E-state index contributed by atoms with van der Waals surface area (Å²) in [6, 6.07) is 6.78. The first-order chi connectivity index (χ1) is 13.4. The summed E-state index contributed by atoms with van der Waals surface area (Å²) in [4.78, 5) is 16.6. The van der Waals surface area contributed by atoms with Crippen molar-refractivity contribution in [2.75, 3.05) is 25.9 Å². The Labute approximate surface area is 168 Å². The van der Waals surface area contributed by atoms with Gasteiger partial charge in [-0.3, -0.25) is 4.79 Å². The number of benzene rings is 1. The predicted molar refractivity (Wildman–Crippen MR) is 113 cm³/mol. The Bertz CT molecular complexity index is 892.